The highest BCUT2D eigenvalue weighted by Crippen LogP contribution is 2.34. The van der Waals surface area contributed by atoms with E-state index in [1.807, 2.05) is 0 Å². The summed E-state index contributed by atoms with van der Waals surface area (Å²) in [5, 5.41) is 14.4. The minimum absolute atomic E-state index is 0.0120. The van der Waals surface area contributed by atoms with Crippen molar-refractivity contribution in [3.05, 3.63) is 22.2 Å². The molecule has 0 saturated heterocycles. The van der Waals surface area contributed by atoms with Crippen molar-refractivity contribution in [3.8, 4) is 0 Å². The quantitative estimate of drug-likeness (QED) is 0.438. The molecule has 1 heterocycles. The first-order chi connectivity index (χ1) is 10.0. The molecular formula is C14H23N5O2. The molecule has 0 aliphatic heterocycles. The summed E-state index contributed by atoms with van der Waals surface area (Å²) >= 11 is 0. The number of pyridine rings is 1. The first-order valence-corrected chi connectivity index (χ1v) is 7.41. The number of hydrogen-bond acceptors (Lipinski definition) is 6. The molecule has 21 heavy (non-hydrogen) atoms. The summed E-state index contributed by atoms with van der Waals surface area (Å²) in [6, 6.07) is 3.15. The Balaban J connectivity index is 2.25. The highest BCUT2D eigenvalue weighted by Gasteiger charge is 2.29. The third kappa shape index (κ3) is 3.60. The first kappa shape index (κ1) is 15.5. The molecule has 0 aromatic carbocycles. The number of nitrogens with one attached hydrogen (secondary N) is 2. The van der Waals surface area contributed by atoms with Crippen molar-refractivity contribution in [3.63, 3.8) is 0 Å². The van der Waals surface area contributed by atoms with Gasteiger partial charge in [0, 0.05) is 12.1 Å². The summed E-state index contributed by atoms with van der Waals surface area (Å²) in [5.74, 6) is 7.11. The Kier molecular flexibility index (Phi) is 4.95. The molecule has 2 rings (SSSR count). The van der Waals surface area contributed by atoms with Crippen LogP contribution in [0, 0.1) is 22.0 Å². The second kappa shape index (κ2) is 6.71. The number of nitrogen functional groups attached to an aromatic ring is 1. The van der Waals surface area contributed by atoms with Crippen LogP contribution in [0.3, 0.4) is 0 Å². The molecule has 2 atom stereocenters. The van der Waals surface area contributed by atoms with Crippen LogP contribution in [0.2, 0.25) is 0 Å². The number of nitrogens with two attached hydrogens (primary N) is 1. The molecule has 0 radical (unpaired) electrons. The molecule has 1 aliphatic rings. The van der Waals surface area contributed by atoms with Gasteiger partial charge in [-0.25, -0.2) is 10.8 Å². The van der Waals surface area contributed by atoms with E-state index in [2.05, 4.69) is 29.6 Å². The van der Waals surface area contributed by atoms with E-state index in [9.17, 15) is 10.1 Å². The number of anilines is 2. The summed E-state index contributed by atoms with van der Waals surface area (Å²) in [6.45, 7) is 4.40. The van der Waals surface area contributed by atoms with Gasteiger partial charge in [-0.05, 0) is 30.7 Å². The Morgan fingerprint density at radius 2 is 2.10 bits per heavy atom. The standard InChI is InChI=1S/C14H23N5O2/c1-9(2)10-5-3-4-6-11(10)16-14-12(19(20)21)7-8-13(17-14)18-15/h7-11H,3-6,15H2,1-2H3,(H2,16,17,18). The van der Waals surface area contributed by atoms with Crippen LogP contribution in [0.4, 0.5) is 17.3 Å². The fourth-order valence-corrected chi connectivity index (χ4v) is 3.10. The van der Waals surface area contributed by atoms with Gasteiger partial charge in [-0.1, -0.05) is 26.7 Å². The third-order valence-corrected chi connectivity index (χ3v) is 4.22. The van der Waals surface area contributed by atoms with Crippen LogP contribution < -0.4 is 16.6 Å². The summed E-state index contributed by atoms with van der Waals surface area (Å²) in [6.07, 6.45) is 4.53. The van der Waals surface area contributed by atoms with E-state index >= 15 is 0 Å². The molecule has 7 heteroatoms. The van der Waals surface area contributed by atoms with E-state index in [1.165, 1.54) is 18.6 Å². The van der Waals surface area contributed by atoms with Crippen LogP contribution in [0.25, 0.3) is 0 Å². The van der Waals surface area contributed by atoms with Gasteiger partial charge >= 0.3 is 5.69 Å². The normalized spacial score (nSPS) is 22.1. The molecule has 2 unspecified atom stereocenters. The minimum Gasteiger partial charge on any atom is -0.361 e. The van der Waals surface area contributed by atoms with E-state index in [-0.39, 0.29) is 11.7 Å². The molecule has 1 aromatic heterocycles. The summed E-state index contributed by atoms with van der Waals surface area (Å²) in [7, 11) is 0. The number of rotatable bonds is 5. The number of nitro groups is 1. The monoisotopic (exact) mass is 293 g/mol. The van der Waals surface area contributed by atoms with Gasteiger partial charge in [-0.15, -0.1) is 0 Å². The average Bonchev–Trinajstić information content (AvgIpc) is 2.47. The van der Waals surface area contributed by atoms with Crippen LogP contribution in [-0.4, -0.2) is 15.9 Å². The molecule has 116 valence electrons. The lowest BCUT2D eigenvalue weighted by molar-refractivity contribution is -0.384. The molecule has 4 N–H and O–H groups in total. The second-order valence-corrected chi connectivity index (χ2v) is 5.91. The summed E-state index contributed by atoms with van der Waals surface area (Å²) < 4.78 is 0. The van der Waals surface area contributed by atoms with Gasteiger partial charge in [0.05, 0.1) is 4.92 Å². The Morgan fingerprint density at radius 3 is 2.71 bits per heavy atom. The van der Waals surface area contributed by atoms with Crippen molar-refractivity contribution < 1.29 is 4.92 Å². The average molecular weight is 293 g/mol. The first-order valence-electron chi connectivity index (χ1n) is 7.41. The number of hydrazine groups is 1. The number of hydrogen-bond donors (Lipinski definition) is 3. The topological polar surface area (TPSA) is 106 Å². The molecule has 0 amide bonds. The molecule has 1 aliphatic carbocycles. The Hall–Kier alpha value is -1.89. The highest BCUT2D eigenvalue weighted by molar-refractivity contribution is 5.60. The van der Waals surface area contributed by atoms with Gasteiger partial charge in [0.1, 0.15) is 5.82 Å². The Bertz CT molecular complexity index is 506. The smallest absolute Gasteiger partial charge is 0.311 e. The fraction of sp³-hybridized carbons (Fsp3) is 0.643. The van der Waals surface area contributed by atoms with Crippen molar-refractivity contribution in [2.45, 2.75) is 45.6 Å². The van der Waals surface area contributed by atoms with Crippen LogP contribution in [0.15, 0.2) is 12.1 Å². The Labute approximate surface area is 124 Å². The van der Waals surface area contributed by atoms with Crippen LogP contribution in [-0.2, 0) is 0 Å². The predicted molar refractivity (Wildman–Crippen MR) is 82.9 cm³/mol. The molecule has 1 fully saturated rings. The molecule has 0 bridgehead atoms. The molecule has 1 aromatic rings. The third-order valence-electron chi connectivity index (χ3n) is 4.22. The Morgan fingerprint density at radius 1 is 1.38 bits per heavy atom. The maximum atomic E-state index is 11.2. The predicted octanol–water partition coefficient (Wildman–Crippen LogP) is 2.90. The van der Waals surface area contributed by atoms with E-state index in [0.29, 0.717) is 23.5 Å². The van der Waals surface area contributed by atoms with Gasteiger partial charge in [0.15, 0.2) is 0 Å². The summed E-state index contributed by atoms with van der Waals surface area (Å²) in [5.41, 5.74) is 2.42. The zero-order chi connectivity index (χ0) is 15.4. The second-order valence-electron chi connectivity index (χ2n) is 5.91. The lowest BCUT2D eigenvalue weighted by Crippen LogP contribution is -2.35. The highest BCUT2D eigenvalue weighted by atomic mass is 16.6. The minimum atomic E-state index is -0.414. The van der Waals surface area contributed by atoms with Gasteiger partial charge in [-0.2, -0.15) is 0 Å². The van der Waals surface area contributed by atoms with Gasteiger partial charge in [0.2, 0.25) is 5.82 Å². The number of nitrogens with zero attached hydrogens (tertiary/aromatic N) is 2. The van der Waals surface area contributed by atoms with Gasteiger partial charge in [-0.3, -0.25) is 10.1 Å². The zero-order valence-corrected chi connectivity index (χ0v) is 12.5. The largest absolute Gasteiger partial charge is 0.361 e. The van der Waals surface area contributed by atoms with Crippen molar-refractivity contribution in [1.82, 2.24) is 4.98 Å². The maximum Gasteiger partial charge on any atom is 0.311 e. The van der Waals surface area contributed by atoms with E-state index in [1.54, 1.807) is 0 Å². The number of aromatic nitrogens is 1. The van der Waals surface area contributed by atoms with Crippen LogP contribution >= 0.6 is 0 Å². The SMILES string of the molecule is CC(C)C1CCCCC1Nc1nc(NN)ccc1[N+](=O)[O-]. The van der Waals surface area contributed by atoms with Crippen molar-refractivity contribution in [2.24, 2.45) is 17.7 Å². The van der Waals surface area contributed by atoms with Crippen LogP contribution in [0.1, 0.15) is 39.5 Å². The van der Waals surface area contributed by atoms with E-state index in [0.717, 1.165) is 19.3 Å². The fourth-order valence-electron chi connectivity index (χ4n) is 3.10. The van der Waals surface area contributed by atoms with E-state index < -0.39 is 4.92 Å². The maximum absolute atomic E-state index is 11.2. The van der Waals surface area contributed by atoms with Gasteiger partial charge < -0.3 is 10.7 Å². The lowest BCUT2D eigenvalue weighted by Gasteiger charge is -2.35. The molecular weight excluding hydrogens is 270 g/mol. The lowest BCUT2D eigenvalue weighted by atomic mass is 9.78. The van der Waals surface area contributed by atoms with E-state index in [4.69, 9.17) is 5.84 Å². The summed E-state index contributed by atoms with van der Waals surface area (Å²) in [4.78, 5) is 14.9. The van der Waals surface area contributed by atoms with Gasteiger partial charge in [0.25, 0.3) is 0 Å². The molecule has 0 spiro atoms. The molecule has 1 saturated carbocycles. The van der Waals surface area contributed by atoms with Crippen molar-refractivity contribution in [1.29, 1.82) is 0 Å². The zero-order valence-electron chi connectivity index (χ0n) is 12.5. The van der Waals surface area contributed by atoms with Crippen molar-refractivity contribution >= 4 is 17.3 Å². The molecule has 7 nitrogen and oxygen atoms in total. The van der Waals surface area contributed by atoms with Crippen molar-refractivity contribution in [2.75, 3.05) is 10.7 Å². The van der Waals surface area contributed by atoms with Crippen LogP contribution in [0.5, 0.6) is 0 Å².